The van der Waals surface area contributed by atoms with Gasteiger partial charge in [-0.3, -0.25) is 0 Å². The molecule has 0 fully saturated rings. The lowest BCUT2D eigenvalue weighted by molar-refractivity contribution is 1.10. The summed E-state index contributed by atoms with van der Waals surface area (Å²) in [6.45, 7) is 4.62. The summed E-state index contributed by atoms with van der Waals surface area (Å²) in [5.74, 6) is 0. The highest BCUT2D eigenvalue weighted by molar-refractivity contribution is 5.63. The molecule has 0 radical (unpaired) electrons. The zero-order valence-corrected chi connectivity index (χ0v) is 12.7. The minimum Gasteiger partial charge on any atom is -0.338 e. The first-order chi connectivity index (χ1) is 10.9. The largest absolute Gasteiger partial charge is 0.338 e. The molecule has 0 aliphatic carbocycles. The number of anilines is 2. The average Bonchev–Trinajstić information content (AvgIpc) is 2.63. The van der Waals surface area contributed by atoms with Gasteiger partial charge in [-0.25, -0.2) is 0 Å². The number of nitrogens with zero attached hydrogens (tertiary/aromatic N) is 1. The van der Waals surface area contributed by atoms with E-state index in [1.54, 1.807) is 0 Å². The molecule has 3 aromatic rings. The zero-order chi connectivity index (χ0) is 15.5. The van der Waals surface area contributed by atoms with Crippen molar-refractivity contribution in [2.45, 2.75) is 0 Å². The van der Waals surface area contributed by atoms with Crippen LogP contribution < -0.4 is 4.90 Å². The molecule has 0 spiro atoms. The van der Waals surface area contributed by atoms with E-state index in [1.165, 1.54) is 11.4 Å². The van der Waals surface area contributed by atoms with Gasteiger partial charge >= 0.3 is 0 Å². The van der Waals surface area contributed by atoms with Crippen LogP contribution in [0.3, 0.4) is 0 Å². The third kappa shape index (κ3) is 4.95. The molecule has 0 aliphatic heterocycles. The molecule has 0 saturated carbocycles. The topological polar surface area (TPSA) is 3.24 Å². The van der Waals surface area contributed by atoms with Crippen LogP contribution in [-0.4, -0.2) is 6.54 Å². The lowest BCUT2D eigenvalue weighted by Gasteiger charge is -2.23. The second kappa shape index (κ2) is 9.19. The smallest absolute Gasteiger partial charge is 0.0413 e. The molecule has 0 saturated heterocycles. The third-order valence-corrected chi connectivity index (χ3v) is 3.11. The second-order valence-electron chi connectivity index (χ2n) is 4.73. The predicted molar refractivity (Wildman–Crippen MR) is 96.5 cm³/mol. The van der Waals surface area contributed by atoms with E-state index in [0.29, 0.717) is 0 Å². The molecule has 0 aromatic heterocycles. The molecule has 1 nitrogen and oxygen atoms in total. The second-order valence-corrected chi connectivity index (χ2v) is 4.73. The number of para-hydroxylation sites is 2. The van der Waals surface area contributed by atoms with Crippen molar-refractivity contribution in [2.24, 2.45) is 0 Å². The summed E-state index contributed by atoms with van der Waals surface area (Å²) in [5.41, 5.74) is 2.38. The van der Waals surface area contributed by atoms with Crippen molar-refractivity contribution in [3.05, 3.63) is 110 Å². The Morgan fingerprint density at radius 2 is 0.909 bits per heavy atom. The molecule has 110 valence electrons. The molecule has 3 rings (SSSR count). The number of hydrogen-bond donors (Lipinski definition) is 0. The minimum atomic E-state index is 0.814. The Labute approximate surface area is 133 Å². The van der Waals surface area contributed by atoms with Crippen molar-refractivity contribution in [2.75, 3.05) is 11.4 Å². The van der Waals surface area contributed by atoms with Gasteiger partial charge in [-0.15, -0.1) is 6.58 Å². The summed E-state index contributed by atoms with van der Waals surface area (Å²) in [7, 11) is 0. The van der Waals surface area contributed by atoms with Crippen LogP contribution in [0.2, 0.25) is 0 Å². The van der Waals surface area contributed by atoms with E-state index in [2.05, 4.69) is 35.7 Å². The van der Waals surface area contributed by atoms with Crippen molar-refractivity contribution >= 4 is 11.4 Å². The number of benzene rings is 3. The first-order valence-corrected chi connectivity index (χ1v) is 7.40. The number of rotatable bonds is 4. The van der Waals surface area contributed by atoms with Crippen molar-refractivity contribution < 1.29 is 0 Å². The van der Waals surface area contributed by atoms with Gasteiger partial charge < -0.3 is 4.90 Å². The normalized spacial score (nSPS) is 9.27. The SMILES string of the molecule is C=CCN(c1ccccc1)c1ccccc1.c1ccccc1. The quantitative estimate of drug-likeness (QED) is 0.556. The van der Waals surface area contributed by atoms with Crippen LogP contribution in [0.25, 0.3) is 0 Å². The molecule has 0 bridgehead atoms. The summed E-state index contributed by atoms with van der Waals surface area (Å²) < 4.78 is 0. The monoisotopic (exact) mass is 287 g/mol. The molecule has 22 heavy (non-hydrogen) atoms. The minimum absolute atomic E-state index is 0.814. The summed E-state index contributed by atoms with van der Waals surface area (Å²) >= 11 is 0. The van der Waals surface area contributed by atoms with Crippen LogP contribution >= 0.6 is 0 Å². The first kappa shape index (κ1) is 15.6. The van der Waals surface area contributed by atoms with E-state index in [0.717, 1.165) is 6.54 Å². The molecule has 3 aromatic carbocycles. The number of hydrogen-bond acceptors (Lipinski definition) is 1. The summed E-state index contributed by atoms with van der Waals surface area (Å²) in [6, 6.07) is 32.7. The van der Waals surface area contributed by atoms with Gasteiger partial charge in [0.15, 0.2) is 0 Å². The Morgan fingerprint density at radius 1 is 0.591 bits per heavy atom. The Morgan fingerprint density at radius 3 is 1.23 bits per heavy atom. The van der Waals surface area contributed by atoms with Crippen LogP contribution in [0.1, 0.15) is 0 Å². The molecular formula is C21H21N. The molecule has 0 heterocycles. The Hall–Kier alpha value is -2.80. The standard InChI is InChI=1S/C15H15N.C6H6/c1-2-13-16(14-9-5-3-6-10-14)15-11-7-4-8-12-15;1-2-4-6-5-3-1/h2-12H,1,13H2;1-6H. The van der Waals surface area contributed by atoms with Crippen LogP contribution in [0, 0.1) is 0 Å². The van der Waals surface area contributed by atoms with Crippen molar-refractivity contribution in [3.8, 4) is 0 Å². The summed E-state index contributed by atoms with van der Waals surface area (Å²) in [5, 5.41) is 0. The van der Waals surface area contributed by atoms with Gasteiger partial charge in [0.25, 0.3) is 0 Å². The van der Waals surface area contributed by atoms with Gasteiger partial charge in [-0.1, -0.05) is 78.9 Å². The molecule has 0 unspecified atom stereocenters. The maximum atomic E-state index is 3.81. The lowest BCUT2D eigenvalue weighted by atomic mass is 10.2. The highest BCUT2D eigenvalue weighted by Gasteiger charge is 2.05. The molecule has 1 heteroatoms. The molecule has 0 atom stereocenters. The first-order valence-electron chi connectivity index (χ1n) is 7.40. The van der Waals surface area contributed by atoms with Crippen molar-refractivity contribution in [3.63, 3.8) is 0 Å². The maximum absolute atomic E-state index is 3.81. The molecule has 0 aliphatic rings. The van der Waals surface area contributed by atoms with E-state index in [4.69, 9.17) is 0 Å². The van der Waals surface area contributed by atoms with Gasteiger partial charge in [-0.2, -0.15) is 0 Å². The maximum Gasteiger partial charge on any atom is 0.0413 e. The Balaban J connectivity index is 0.000000246. The van der Waals surface area contributed by atoms with Crippen LogP contribution in [0.15, 0.2) is 110 Å². The van der Waals surface area contributed by atoms with E-state index in [9.17, 15) is 0 Å². The molecule has 0 amide bonds. The van der Waals surface area contributed by atoms with Crippen molar-refractivity contribution in [1.29, 1.82) is 0 Å². The van der Waals surface area contributed by atoms with Gasteiger partial charge in [0.1, 0.15) is 0 Å². The highest BCUT2D eigenvalue weighted by atomic mass is 15.1. The summed E-state index contributed by atoms with van der Waals surface area (Å²) in [6.07, 6.45) is 1.92. The fourth-order valence-corrected chi connectivity index (χ4v) is 2.09. The van der Waals surface area contributed by atoms with E-state index >= 15 is 0 Å². The van der Waals surface area contributed by atoms with Gasteiger partial charge in [0.05, 0.1) is 0 Å². The molecular weight excluding hydrogens is 266 g/mol. The van der Waals surface area contributed by atoms with Crippen molar-refractivity contribution in [1.82, 2.24) is 0 Å². The Kier molecular flexibility index (Phi) is 6.51. The summed E-state index contributed by atoms with van der Waals surface area (Å²) in [4.78, 5) is 2.23. The van der Waals surface area contributed by atoms with Crippen LogP contribution in [0.4, 0.5) is 11.4 Å². The molecule has 0 N–H and O–H groups in total. The fraction of sp³-hybridized carbons (Fsp3) is 0.0476. The Bertz CT molecular complexity index is 566. The van der Waals surface area contributed by atoms with E-state index in [1.807, 2.05) is 78.9 Å². The van der Waals surface area contributed by atoms with E-state index in [-0.39, 0.29) is 0 Å². The van der Waals surface area contributed by atoms with Gasteiger partial charge in [0, 0.05) is 17.9 Å². The average molecular weight is 287 g/mol. The lowest BCUT2D eigenvalue weighted by Crippen LogP contribution is -2.16. The predicted octanol–water partition coefficient (Wildman–Crippen LogP) is 5.70. The highest BCUT2D eigenvalue weighted by Crippen LogP contribution is 2.24. The van der Waals surface area contributed by atoms with Crippen LogP contribution in [-0.2, 0) is 0 Å². The fourth-order valence-electron chi connectivity index (χ4n) is 2.09. The third-order valence-electron chi connectivity index (χ3n) is 3.11. The van der Waals surface area contributed by atoms with Crippen LogP contribution in [0.5, 0.6) is 0 Å². The van der Waals surface area contributed by atoms with Gasteiger partial charge in [-0.05, 0) is 24.3 Å². The van der Waals surface area contributed by atoms with E-state index < -0.39 is 0 Å². The van der Waals surface area contributed by atoms with Gasteiger partial charge in [0.2, 0.25) is 0 Å². The zero-order valence-electron chi connectivity index (χ0n) is 12.7.